The Morgan fingerprint density at radius 2 is 1.65 bits per heavy atom. The van der Waals surface area contributed by atoms with Crippen LogP contribution in [0.4, 0.5) is 18.9 Å². The number of halogens is 3. The molecule has 0 spiro atoms. The molecule has 0 bridgehead atoms. The fraction of sp³-hybridized carbons (Fsp3) is 0.250. The van der Waals surface area contributed by atoms with Crippen LogP contribution in [0.2, 0.25) is 0 Å². The maximum absolute atomic E-state index is 13.5. The Labute approximate surface area is 193 Å². The smallest absolute Gasteiger partial charge is 0.339 e. The lowest BCUT2D eigenvalue weighted by Gasteiger charge is -2.18. The van der Waals surface area contributed by atoms with Crippen LogP contribution in [0.15, 0.2) is 59.4 Å². The highest BCUT2D eigenvalue weighted by atomic mass is 19.4. The molecule has 10 heteroatoms. The van der Waals surface area contributed by atoms with Crippen molar-refractivity contribution < 1.29 is 22.8 Å². The molecule has 1 aromatic heterocycles. The van der Waals surface area contributed by atoms with Gasteiger partial charge in [0.15, 0.2) is 5.69 Å². The van der Waals surface area contributed by atoms with Gasteiger partial charge in [-0.05, 0) is 57.2 Å². The van der Waals surface area contributed by atoms with Gasteiger partial charge >= 0.3 is 6.18 Å². The van der Waals surface area contributed by atoms with E-state index in [0.29, 0.717) is 24.3 Å². The second-order valence-electron chi connectivity index (χ2n) is 7.43. The third-order valence-corrected chi connectivity index (χ3v) is 5.20. The molecule has 0 aliphatic rings. The fourth-order valence-corrected chi connectivity index (χ4v) is 3.43. The Morgan fingerprint density at radius 3 is 2.24 bits per heavy atom. The summed E-state index contributed by atoms with van der Waals surface area (Å²) in [5.41, 5.74) is -1.69. The maximum atomic E-state index is 13.5. The van der Waals surface area contributed by atoms with E-state index in [1.165, 1.54) is 49.4 Å². The van der Waals surface area contributed by atoms with E-state index in [9.17, 15) is 27.6 Å². The summed E-state index contributed by atoms with van der Waals surface area (Å²) in [6.07, 6.45) is -4.65. The zero-order valence-corrected chi connectivity index (χ0v) is 18.8. The number of nitrogens with zero attached hydrogens (tertiary/aromatic N) is 3. The normalized spacial score (nSPS) is 11.2. The minimum Gasteiger partial charge on any atom is -0.339 e. The number of alkyl halides is 3. The van der Waals surface area contributed by atoms with E-state index in [2.05, 4.69) is 10.4 Å². The largest absolute Gasteiger partial charge is 0.418 e. The number of hydrogen-bond acceptors (Lipinski definition) is 4. The Bertz CT molecular complexity index is 1260. The number of rotatable bonds is 6. The number of aromatic nitrogens is 2. The van der Waals surface area contributed by atoms with Gasteiger partial charge in [-0.3, -0.25) is 14.4 Å². The van der Waals surface area contributed by atoms with Gasteiger partial charge in [0.05, 0.1) is 11.3 Å². The highest BCUT2D eigenvalue weighted by molar-refractivity contribution is 6.03. The lowest BCUT2D eigenvalue weighted by molar-refractivity contribution is -0.137. The molecule has 0 radical (unpaired) electrons. The van der Waals surface area contributed by atoms with Crippen molar-refractivity contribution in [1.29, 1.82) is 0 Å². The van der Waals surface area contributed by atoms with Gasteiger partial charge in [-0.25, -0.2) is 4.68 Å². The number of anilines is 1. The van der Waals surface area contributed by atoms with Crippen molar-refractivity contribution in [3.05, 3.63) is 87.3 Å². The second kappa shape index (κ2) is 9.90. The van der Waals surface area contributed by atoms with Crippen LogP contribution in [-0.2, 0) is 6.18 Å². The maximum Gasteiger partial charge on any atom is 0.418 e. The number of benzene rings is 2. The van der Waals surface area contributed by atoms with Gasteiger partial charge in [0, 0.05) is 36.1 Å². The standard InChI is InChI=1S/C24H23F3N4O3/c1-4-30(5-2)23(34)16-10-12-17(13-11-16)28-22(33)21-20(32)14-15(3)31(29-21)19-9-7-6-8-18(19)24(25,26)27/h6-14H,4-5H2,1-3H3,(H,28,33). The summed E-state index contributed by atoms with van der Waals surface area (Å²) in [7, 11) is 0. The summed E-state index contributed by atoms with van der Waals surface area (Å²) in [6, 6.07) is 11.9. The van der Waals surface area contributed by atoms with Crippen molar-refractivity contribution in [3.63, 3.8) is 0 Å². The lowest BCUT2D eigenvalue weighted by Crippen LogP contribution is -2.30. The quantitative estimate of drug-likeness (QED) is 0.580. The zero-order valence-electron chi connectivity index (χ0n) is 18.8. The molecule has 3 aromatic rings. The van der Waals surface area contributed by atoms with Crippen LogP contribution in [-0.4, -0.2) is 39.6 Å². The molecule has 0 aliphatic heterocycles. The Hall–Kier alpha value is -3.95. The summed E-state index contributed by atoms with van der Waals surface area (Å²) in [4.78, 5) is 39.2. The van der Waals surface area contributed by atoms with Crippen LogP contribution >= 0.6 is 0 Å². The Balaban J connectivity index is 1.91. The highest BCUT2D eigenvalue weighted by Gasteiger charge is 2.34. The van der Waals surface area contributed by atoms with Crippen LogP contribution in [0, 0.1) is 6.92 Å². The van der Waals surface area contributed by atoms with E-state index >= 15 is 0 Å². The van der Waals surface area contributed by atoms with E-state index in [4.69, 9.17) is 0 Å². The molecule has 2 aromatic carbocycles. The van der Waals surface area contributed by atoms with Crippen molar-refractivity contribution in [2.75, 3.05) is 18.4 Å². The fourth-order valence-electron chi connectivity index (χ4n) is 3.43. The topological polar surface area (TPSA) is 84.3 Å². The zero-order chi connectivity index (χ0) is 25.0. The number of aryl methyl sites for hydroxylation is 1. The monoisotopic (exact) mass is 472 g/mol. The first-order valence-electron chi connectivity index (χ1n) is 10.5. The van der Waals surface area contributed by atoms with Crippen molar-refractivity contribution in [2.24, 2.45) is 0 Å². The van der Waals surface area contributed by atoms with Crippen molar-refractivity contribution in [3.8, 4) is 5.69 Å². The van der Waals surface area contributed by atoms with Crippen LogP contribution in [0.5, 0.6) is 0 Å². The summed E-state index contributed by atoms with van der Waals surface area (Å²) in [5, 5.41) is 6.44. The molecule has 0 atom stereocenters. The van der Waals surface area contributed by atoms with Crippen LogP contribution in [0.25, 0.3) is 5.69 Å². The minimum absolute atomic E-state index is 0.137. The Kier molecular flexibility index (Phi) is 7.19. The molecule has 178 valence electrons. The SMILES string of the molecule is CCN(CC)C(=O)c1ccc(NC(=O)c2nn(-c3ccccc3C(F)(F)F)c(C)cc2=O)cc1. The number of carbonyl (C=O) groups is 2. The van der Waals surface area contributed by atoms with E-state index in [1.54, 1.807) is 4.90 Å². The Morgan fingerprint density at radius 1 is 1.03 bits per heavy atom. The molecule has 34 heavy (non-hydrogen) atoms. The first-order valence-corrected chi connectivity index (χ1v) is 10.5. The molecule has 7 nitrogen and oxygen atoms in total. The molecular weight excluding hydrogens is 449 g/mol. The average Bonchev–Trinajstić information content (AvgIpc) is 2.79. The van der Waals surface area contributed by atoms with Gasteiger partial charge in [-0.1, -0.05) is 12.1 Å². The molecule has 0 unspecified atom stereocenters. The van der Waals surface area contributed by atoms with E-state index in [0.717, 1.165) is 16.8 Å². The number of para-hydroxylation sites is 1. The minimum atomic E-state index is -4.65. The van der Waals surface area contributed by atoms with Crippen molar-refractivity contribution >= 4 is 17.5 Å². The summed E-state index contributed by atoms with van der Waals surface area (Å²) in [5.74, 6) is -1.04. The molecule has 3 rings (SSSR count). The summed E-state index contributed by atoms with van der Waals surface area (Å²) < 4.78 is 41.3. The van der Waals surface area contributed by atoms with Gasteiger partial charge in [-0.2, -0.15) is 18.3 Å². The predicted octanol–water partition coefficient (Wildman–Crippen LogP) is 4.29. The molecular formula is C24H23F3N4O3. The number of hydrogen-bond donors (Lipinski definition) is 1. The van der Waals surface area contributed by atoms with Crippen LogP contribution in [0.3, 0.4) is 0 Å². The van der Waals surface area contributed by atoms with Crippen LogP contribution < -0.4 is 10.7 Å². The average molecular weight is 472 g/mol. The van der Waals surface area contributed by atoms with E-state index in [1.807, 2.05) is 13.8 Å². The molecule has 0 fully saturated rings. The second-order valence-corrected chi connectivity index (χ2v) is 7.43. The van der Waals surface area contributed by atoms with E-state index < -0.39 is 28.8 Å². The number of carbonyl (C=O) groups excluding carboxylic acids is 2. The third kappa shape index (κ3) is 5.16. The van der Waals surface area contributed by atoms with Gasteiger partial charge in [-0.15, -0.1) is 0 Å². The molecule has 1 heterocycles. The molecule has 1 N–H and O–H groups in total. The number of amides is 2. The van der Waals surface area contributed by atoms with Crippen molar-refractivity contribution in [1.82, 2.24) is 14.7 Å². The van der Waals surface area contributed by atoms with Gasteiger partial charge in [0.25, 0.3) is 11.8 Å². The van der Waals surface area contributed by atoms with Gasteiger partial charge < -0.3 is 10.2 Å². The molecule has 2 amide bonds. The first kappa shape index (κ1) is 24.7. The van der Waals surface area contributed by atoms with Gasteiger partial charge in [0.2, 0.25) is 5.43 Å². The van der Waals surface area contributed by atoms with E-state index in [-0.39, 0.29) is 17.3 Å². The lowest BCUT2D eigenvalue weighted by atomic mass is 10.1. The van der Waals surface area contributed by atoms with Crippen LogP contribution in [0.1, 0.15) is 46.0 Å². The van der Waals surface area contributed by atoms with Gasteiger partial charge in [0.1, 0.15) is 0 Å². The number of nitrogens with one attached hydrogen (secondary N) is 1. The summed E-state index contributed by atoms with van der Waals surface area (Å²) in [6.45, 7) is 6.26. The molecule has 0 saturated heterocycles. The molecule has 0 saturated carbocycles. The van der Waals surface area contributed by atoms with Crippen molar-refractivity contribution in [2.45, 2.75) is 26.9 Å². The molecule has 0 aliphatic carbocycles. The highest BCUT2D eigenvalue weighted by Crippen LogP contribution is 2.33. The summed E-state index contributed by atoms with van der Waals surface area (Å²) >= 11 is 0. The third-order valence-electron chi connectivity index (χ3n) is 5.20. The predicted molar refractivity (Wildman–Crippen MR) is 121 cm³/mol. The first-order chi connectivity index (χ1) is 16.1.